The van der Waals surface area contributed by atoms with Crippen molar-refractivity contribution in [2.24, 2.45) is 0 Å². The van der Waals surface area contributed by atoms with Crippen LogP contribution in [0.1, 0.15) is 25.2 Å². The van der Waals surface area contributed by atoms with E-state index in [1.54, 1.807) is 18.3 Å². The third kappa shape index (κ3) is 1.73. The highest BCUT2D eigenvalue weighted by Gasteiger charge is 2.26. The van der Waals surface area contributed by atoms with Crippen LogP contribution in [0.2, 0.25) is 0 Å². The van der Waals surface area contributed by atoms with Crippen molar-refractivity contribution in [2.75, 3.05) is 0 Å². The molecule has 1 aromatic heterocycles. The Balaban J connectivity index is 2.46. The maximum atomic E-state index is 9.43. The average molecular weight is 203 g/mol. The molecule has 2 aromatic rings. The van der Waals surface area contributed by atoms with E-state index < -0.39 is 0 Å². The summed E-state index contributed by atoms with van der Waals surface area (Å²) < 4.78 is 5.16. The number of nitrogens with zero attached hydrogens (tertiary/aromatic N) is 1. The first-order chi connectivity index (χ1) is 7.10. The number of benzene rings is 1. The van der Waals surface area contributed by atoms with E-state index in [4.69, 9.17) is 4.52 Å². The van der Waals surface area contributed by atoms with Crippen LogP contribution in [0, 0.1) is 0 Å². The van der Waals surface area contributed by atoms with Crippen LogP contribution < -0.4 is 0 Å². The molecular formula is C12H13NO2. The van der Waals surface area contributed by atoms with Gasteiger partial charge in [-0.25, -0.2) is 0 Å². The summed E-state index contributed by atoms with van der Waals surface area (Å²) >= 11 is 0. The van der Waals surface area contributed by atoms with Crippen LogP contribution in [0.3, 0.4) is 0 Å². The first kappa shape index (κ1) is 9.77. The zero-order valence-corrected chi connectivity index (χ0v) is 8.77. The van der Waals surface area contributed by atoms with E-state index in [1.807, 2.05) is 32.0 Å². The Morgan fingerprint density at radius 1 is 1.27 bits per heavy atom. The zero-order valence-electron chi connectivity index (χ0n) is 8.77. The fourth-order valence-corrected chi connectivity index (χ4v) is 1.58. The second-order valence-electron chi connectivity index (χ2n) is 4.05. The van der Waals surface area contributed by atoms with Gasteiger partial charge >= 0.3 is 0 Å². The number of hydrogen-bond donors (Lipinski definition) is 1. The molecule has 2 rings (SSSR count). The molecule has 0 spiro atoms. The van der Waals surface area contributed by atoms with Gasteiger partial charge in [-0.05, 0) is 31.5 Å². The van der Waals surface area contributed by atoms with Crippen molar-refractivity contribution in [2.45, 2.75) is 19.3 Å². The van der Waals surface area contributed by atoms with Crippen molar-refractivity contribution < 1.29 is 9.63 Å². The van der Waals surface area contributed by atoms with E-state index in [0.29, 0.717) is 0 Å². The van der Waals surface area contributed by atoms with Crippen LogP contribution >= 0.6 is 0 Å². The SMILES string of the molecule is CC(C)(c1cccc(O)c1)c1ccno1. The average Bonchev–Trinajstić information content (AvgIpc) is 2.71. The van der Waals surface area contributed by atoms with Crippen molar-refractivity contribution in [3.8, 4) is 5.75 Å². The Hall–Kier alpha value is -1.77. The molecule has 0 aliphatic carbocycles. The van der Waals surface area contributed by atoms with Gasteiger partial charge in [0, 0.05) is 6.07 Å². The molecule has 1 aromatic carbocycles. The smallest absolute Gasteiger partial charge is 0.146 e. The first-order valence-electron chi connectivity index (χ1n) is 4.81. The van der Waals surface area contributed by atoms with Crippen molar-refractivity contribution >= 4 is 0 Å². The molecule has 0 amide bonds. The highest BCUT2D eigenvalue weighted by atomic mass is 16.5. The monoisotopic (exact) mass is 203 g/mol. The number of aromatic nitrogens is 1. The molecule has 0 aliphatic rings. The summed E-state index contributed by atoms with van der Waals surface area (Å²) in [6.45, 7) is 4.06. The summed E-state index contributed by atoms with van der Waals surface area (Å²) in [7, 11) is 0. The van der Waals surface area contributed by atoms with Crippen molar-refractivity contribution in [3.05, 3.63) is 47.9 Å². The van der Waals surface area contributed by atoms with E-state index in [0.717, 1.165) is 11.3 Å². The third-order valence-corrected chi connectivity index (χ3v) is 2.62. The molecular weight excluding hydrogens is 190 g/mol. The minimum Gasteiger partial charge on any atom is -0.508 e. The van der Waals surface area contributed by atoms with E-state index in [9.17, 15) is 5.11 Å². The van der Waals surface area contributed by atoms with Gasteiger partial charge in [0.2, 0.25) is 0 Å². The third-order valence-electron chi connectivity index (χ3n) is 2.62. The van der Waals surface area contributed by atoms with E-state index in [1.165, 1.54) is 0 Å². The summed E-state index contributed by atoms with van der Waals surface area (Å²) in [6.07, 6.45) is 1.62. The van der Waals surface area contributed by atoms with Crippen LogP contribution in [0.5, 0.6) is 5.75 Å². The molecule has 15 heavy (non-hydrogen) atoms. The van der Waals surface area contributed by atoms with Gasteiger partial charge in [0.25, 0.3) is 0 Å². The maximum Gasteiger partial charge on any atom is 0.146 e. The van der Waals surface area contributed by atoms with Crippen molar-refractivity contribution in [3.63, 3.8) is 0 Å². The van der Waals surface area contributed by atoms with Crippen LogP contribution in [-0.2, 0) is 5.41 Å². The van der Waals surface area contributed by atoms with Crippen LogP contribution in [0.15, 0.2) is 41.1 Å². The molecule has 3 heteroatoms. The number of rotatable bonds is 2. The number of phenolic OH excluding ortho intramolecular Hbond substituents is 1. The molecule has 1 N–H and O–H groups in total. The number of phenols is 1. The molecule has 0 atom stereocenters. The summed E-state index contributed by atoms with van der Waals surface area (Å²) in [5.41, 5.74) is 0.717. The Morgan fingerprint density at radius 2 is 2.07 bits per heavy atom. The Labute approximate surface area is 88.3 Å². The summed E-state index contributed by atoms with van der Waals surface area (Å²) in [6, 6.07) is 9.01. The molecule has 0 bridgehead atoms. The topological polar surface area (TPSA) is 46.3 Å². The molecule has 0 saturated carbocycles. The first-order valence-corrected chi connectivity index (χ1v) is 4.81. The molecule has 0 radical (unpaired) electrons. The summed E-state index contributed by atoms with van der Waals surface area (Å²) in [4.78, 5) is 0. The highest BCUT2D eigenvalue weighted by Crippen LogP contribution is 2.32. The summed E-state index contributed by atoms with van der Waals surface area (Å²) in [5.74, 6) is 1.05. The predicted octanol–water partition coefficient (Wildman–Crippen LogP) is 2.71. The lowest BCUT2D eigenvalue weighted by molar-refractivity contribution is 0.340. The summed E-state index contributed by atoms with van der Waals surface area (Å²) in [5, 5.41) is 13.1. The molecule has 78 valence electrons. The van der Waals surface area contributed by atoms with Crippen LogP contribution in [-0.4, -0.2) is 10.3 Å². The minimum atomic E-state index is -0.282. The van der Waals surface area contributed by atoms with Gasteiger partial charge in [0.1, 0.15) is 11.5 Å². The number of hydrogen-bond acceptors (Lipinski definition) is 3. The second kappa shape index (κ2) is 3.42. The van der Waals surface area contributed by atoms with E-state index >= 15 is 0 Å². The van der Waals surface area contributed by atoms with Gasteiger partial charge in [-0.1, -0.05) is 17.3 Å². The Morgan fingerprint density at radius 3 is 2.67 bits per heavy atom. The van der Waals surface area contributed by atoms with Crippen molar-refractivity contribution in [1.29, 1.82) is 0 Å². The second-order valence-corrected chi connectivity index (χ2v) is 4.05. The van der Waals surface area contributed by atoms with Gasteiger partial charge < -0.3 is 9.63 Å². The highest BCUT2D eigenvalue weighted by molar-refractivity contribution is 5.36. The van der Waals surface area contributed by atoms with Gasteiger partial charge in [0.05, 0.1) is 11.6 Å². The molecule has 0 unspecified atom stereocenters. The molecule has 0 saturated heterocycles. The lowest BCUT2D eigenvalue weighted by Crippen LogP contribution is -2.17. The molecule has 0 fully saturated rings. The maximum absolute atomic E-state index is 9.43. The predicted molar refractivity (Wildman–Crippen MR) is 56.7 cm³/mol. The van der Waals surface area contributed by atoms with Gasteiger partial charge in [-0.3, -0.25) is 0 Å². The Bertz CT molecular complexity index is 446. The lowest BCUT2D eigenvalue weighted by atomic mass is 9.82. The van der Waals surface area contributed by atoms with Gasteiger partial charge in [-0.15, -0.1) is 0 Å². The number of aromatic hydroxyl groups is 1. The largest absolute Gasteiger partial charge is 0.508 e. The molecule has 1 heterocycles. The standard InChI is InChI=1S/C12H13NO2/c1-12(2,11-6-7-13-15-11)9-4-3-5-10(14)8-9/h3-8,14H,1-2H3. The van der Waals surface area contributed by atoms with E-state index in [-0.39, 0.29) is 11.2 Å². The molecule has 3 nitrogen and oxygen atoms in total. The fraction of sp³-hybridized carbons (Fsp3) is 0.250. The quantitative estimate of drug-likeness (QED) is 0.816. The minimum absolute atomic E-state index is 0.264. The van der Waals surface area contributed by atoms with Crippen molar-refractivity contribution in [1.82, 2.24) is 5.16 Å². The molecule has 0 aliphatic heterocycles. The zero-order chi connectivity index (χ0) is 10.9. The van der Waals surface area contributed by atoms with E-state index in [2.05, 4.69) is 5.16 Å². The fourth-order valence-electron chi connectivity index (χ4n) is 1.58. The lowest BCUT2D eigenvalue weighted by Gasteiger charge is -2.21. The van der Waals surface area contributed by atoms with Crippen LogP contribution in [0.25, 0.3) is 0 Å². The van der Waals surface area contributed by atoms with Gasteiger partial charge in [-0.2, -0.15) is 0 Å². The normalized spacial score (nSPS) is 11.6. The van der Waals surface area contributed by atoms with Gasteiger partial charge in [0.15, 0.2) is 0 Å². The van der Waals surface area contributed by atoms with Crippen LogP contribution in [0.4, 0.5) is 0 Å². The Kier molecular flexibility index (Phi) is 2.23.